The summed E-state index contributed by atoms with van der Waals surface area (Å²) in [6.07, 6.45) is -2.85. The van der Waals surface area contributed by atoms with Crippen LogP contribution < -0.4 is 0 Å². The lowest BCUT2D eigenvalue weighted by Crippen LogP contribution is -2.41. The minimum Gasteiger partial charge on any atom is -0.378 e. The van der Waals surface area contributed by atoms with Gasteiger partial charge in [0.2, 0.25) is 0 Å². The Kier molecular flexibility index (Phi) is 9.36. The molecule has 24 heavy (non-hydrogen) atoms. The summed E-state index contributed by atoms with van der Waals surface area (Å²) in [5.74, 6) is 0. The van der Waals surface area contributed by atoms with Gasteiger partial charge in [-0.2, -0.15) is 0 Å². The van der Waals surface area contributed by atoms with Crippen LogP contribution in [0.25, 0.3) is 0 Å². The van der Waals surface area contributed by atoms with Crippen molar-refractivity contribution < 1.29 is 37.8 Å². The second-order valence-corrected chi connectivity index (χ2v) is 7.01. The Morgan fingerprint density at radius 3 is 2.46 bits per heavy atom. The first kappa shape index (κ1) is 22.0. The van der Waals surface area contributed by atoms with Crippen LogP contribution in [0.15, 0.2) is 0 Å². The summed E-state index contributed by atoms with van der Waals surface area (Å²) in [5.41, 5.74) is 0. The van der Waals surface area contributed by atoms with Crippen molar-refractivity contribution in [1.29, 1.82) is 0 Å². The zero-order chi connectivity index (χ0) is 18.3. The van der Waals surface area contributed by atoms with E-state index >= 15 is 0 Å². The van der Waals surface area contributed by atoms with Gasteiger partial charge in [-0.25, -0.2) is 4.57 Å². The molecule has 1 rings (SSSR count). The van der Waals surface area contributed by atoms with Gasteiger partial charge in [0.15, 0.2) is 0 Å². The molecular formula is C13H27BNO8P. The van der Waals surface area contributed by atoms with Gasteiger partial charge in [0.25, 0.3) is 0 Å². The molecule has 1 heterocycles. The third-order valence-corrected chi connectivity index (χ3v) is 4.15. The maximum atomic E-state index is 11.0. The standard InChI is InChI=1S/C13H27BNO8P/c1-9(23-24(16,17)18)10-11(19-4)12(13(14)22-10)21-8-7-20-6-5-15(2)3/h9-13H,5-8H2,1-4H3,(H2,16,17,18)/t9?,10-,11-,12-,13-/m1/s1. The molecule has 1 fully saturated rings. The number of rotatable bonds is 11. The Morgan fingerprint density at radius 1 is 1.25 bits per heavy atom. The molecule has 0 bridgehead atoms. The van der Waals surface area contributed by atoms with E-state index in [2.05, 4.69) is 4.52 Å². The third-order valence-electron chi connectivity index (χ3n) is 3.54. The van der Waals surface area contributed by atoms with E-state index in [1.165, 1.54) is 14.0 Å². The molecule has 2 N–H and O–H groups in total. The Balaban J connectivity index is 2.45. The number of ether oxygens (including phenoxy) is 4. The molecule has 9 nitrogen and oxygen atoms in total. The Hall–Kier alpha value is -0.0251. The van der Waals surface area contributed by atoms with Crippen LogP contribution in [0.1, 0.15) is 6.92 Å². The van der Waals surface area contributed by atoms with Crippen molar-refractivity contribution in [1.82, 2.24) is 4.90 Å². The van der Waals surface area contributed by atoms with E-state index in [4.69, 9.17) is 36.6 Å². The summed E-state index contributed by atoms with van der Waals surface area (Å²) in [6.45, 7) is 3.58. The lowest BCUT2D eigenvalue weighted by atomic mass is 9.92. The molecular weight excluding hydrogens is 340 g/mol. The van der Waals surface area contributed by atoms with Crippen molar-refractivity contribution in [2.75, 3.05) is 47.6 Å². The molecule has 0 aromatic heterocycles. The first-order valence-electron chi connectivity index (χ1n) is 7.67. The number of phosphoric ester groups is 1. The lowest BCUT2D eigenvalue weighted by Gasteiger charge is -2.26. The van der Waals surface area contributed by atoms with Crippen LogP contribution in [-0.4, -0.2) is 101 Å². The van der Waals surface area contributed by atoms with Crippen molar-refractivity contribution in [2.24, 2.45) is 0 Å². The average molecular weight is 367 g/mol. The molecule has 0 aliphatic carbocycles. The SMILES string of the molecule is [B][C@@H]1O[C@H](C(C)OP(=O)(O)O)[C@@H](OC)[C@H]1OCCOCCN(C)C. The molecule has 1 aliphatic rings. The number of methoxy groups -OCH3 is 1. The zero-order valence-corrected chi connectivity index (χ0v) is 15.4. The van der Waals surface area contributed by atoms with E-state index in [1.54, 1.807) is 0 Å². The summed E-state index contributed by atoms with van der Waals surface area (Å²) >= 11 is 0. The lowest BCUT2D eigenvalue weighted by molar-refractivity contribution is -0.0750. The first-order chi connectivity index (χ1) is 11.2. The molecule has 0 aromatic rings. The van der Waals surface area contributed by atoms with Crippen LogP contribution in [0.2, 0.25) is 0 Å². The highest BCUT2D eigenvalue weighted by molar-refractivity contribution is 7.46. The fourth-order valence-corrected chi connectivity index (χ4v) is 2.97. The van der Waals surface area contributed by atoms with Crippen LogP contribution in [0.3, 0.4) is 0 Å². The average Bonchev–Trinajstić information content (AvgIpc) is 2.77. The Morgan fingerprint density at radius 2 is 1.92 bits per heavy atom. The fraction of sp³-hybridized carbons (Fsp3) is 1.00. The zero-order valence-electron chi connectivity index (χ0n) is 14.5. The van der Waals surface area contributed by atoms with E-state index in [0.29, 0.717) is 19.8 Å². The predicted molar refractivity (Wildman–Crippen MR) is 86.9 cm³/mol. The van der Waals surface area contributed by atoms with Crippen molar-refractivity contribution >= 4 is 15.7 Å². The van der Waals surface area contributed by atoms with Gasteiger partial charge >= 0.3 is 7.82 Å². The molecule has 1 aliphatic heterocycles. The van der Waals surface area contributed by atoms with E-state index in [1.807, 2.05) is 19.0 Å². The summed E-state index contributed by atoms with van der Waals surface area (Å²) in [4.78, 5) is 19.8. The van der Waals surface area contributed by atoms with E-state index < -0.39 is 38.2 Å². The minimum absolute atomic E-state index is 0.301. The maximum Gasteiger partial charge on any atom is 0.469 e. The Bertz CT molecular complexity index is 409. The third kappa shape index (κ3) is 7.47. The largest absolute Gasteiger partial charge is 0.469 e. The van der Waals surface area contributed by atoms with Crippen molar-refractivity contribution in [3.8, 4) is 0 Å². The number of hydrogen-bond donors (Lipinski definition) is 2. The monoisotopic (exact) mass is 367 g/mol. The molecule has 11 heteroatoms. The molecule has 0 amide bonds. The summed E-state index contributed by atoms with van der Waals surface area (Å²) in [5, 5.41) is 0. The second-order valence-electron chi connectivity index (χ2n) is 5.82. The van der Waals surface area contributed by atoms with Crippen LogP contribution in [0.5, 0.6) is 0 Å². The smallest absolute Gasteiger partial charge is 0.378 e. The minimum atomic E-state index is -4.63. The highest BCUT2D eigenvalue weighted by atomic mass is 31.2. The number of hydrogen-bond acceptors (Lipinski definition) is 7. The maximum absolute atomic E-state index is 11.0. The van der Waals surface area contributed by atoms with Crippen LogP contribution in [0, 0.1) is 0 Å². The van der Waals surface area contributed by atoms with E-state index in [0.717, 1.165) is 6.54 Å². The molecule has 140 valence electrons. The van der Waals surface area contributed by atoms with Gasteiger partial charge in [-0.05, 0) is 21.0 Å². The molecule has 0 saturated carbocycles. The molecule has 0 spiro atoms. The number of nitrogens with zero attached hydrogens (tertiary/aromatic N) is 1. The van der Waals surface area contributed by atoms with Gasteiger partial charge in [-0.1, -0.05) is 0 Å². The van der Waals surface area contributed by atoms with Gasteiger partial charge in [0.1, 0.15) is 26.2 Å². The van der Waals surface area contributed by atoms with Gasteiger partial charge in [0.05, 0.1) is 25.9 Å². The van der Waals surface area contributed by atoms with E-state index in [9.17, 15) is 4.57 Å². The first-order valence-corrected chi connectivity index (χ1v) is 9.20. The van der Waals surface area contributed by atoms with Crippen LogP contribution >= 0.6 is 7.82 Å². The van der Waals surface area contributed by atoms with Gasteiger partial charge in [0, 0.05) is 19.7 Å². The van der Waals surface area contributed by atoms with Gasteiger partial charge in [-0.3, -0.25) is 4.52 Å². The molecule has 5 atom stereocenters. The van der Waals surface area contributed by atoms with Crippen LogP contribution in [0.4, 0.5) is 0 Å². The topological polar surface area (TPSA) is 107 Å². The predicted octanol–water partition coefficient (Wildman–Crippen LogP) is -0.644. The Labute approximate surface area is 144 Å². The summed E-state index contributed by atoms with van der Waals surface area (Å²) in [6, 6.07) is -0.787. The summed E-state index contributed by atoms with van der Waals surface area (Å²) < 4.78 is 37.6. The quantitative estimate of drug-likeness (QED) is 0.280. The second kappa shape index (κ2) is 10.2. The molecule has 0 aromatic carbocycles. The number of phosphoric acid groups is 1. The highest BCUT2D eigenvalue weighted by Gasteiger charge is 2.47. The normalized spacial score (nSPS) is 29.3. The highest BCUT2D eigenvalue weighted by Crippen LogP contribution is 2.40. The van der Waals surface area contributed by atoms with Crippen molar-refractivity contribution in [2.45, 2.75) is 37.3 Å². The molecule has 1 unspecified atom stereocenters. The van der Waals surface area contributed by atoms with Crippen molar-refractivity contribution in [3.63, 3.8) is 0 Å². The number of likely N-dealkylation sites (N-methyl/N-ethyl adjacent to an activating group) is 1. The fourth-order valence-electron chi connectivity index (χ4n) is 2.41. The molecule has 1 saturated heterocycles. The van der Waals surface area contributed by atoms with Gasteiger partial charge in [-0.15, -0.1) is 0 Å². The summed E-state index contributed by atoms with van der Waals surface area (Å²) in [7, 11) is 6.63. The molecule has 2 radical (unpaired) electrons. The van der Waals surface area contributed by atoms with Gasteiger partial charge < -0.3 is 33.6 Å². The van der Waals surface area contributed by atoms with E-state index in [-0.39, 0.29) is 0 Å². The van der Waals surface area contributed by atoms with Crippen molar-refractivity contribution in [3.05, 3.63) is 0 Å². The van der Waals surface area contributed by atoms with Crippen LogP contribution in [-0.2, 0) is 28.0 Å².